The van der Waals surface area contributed by atoms with Gasteiger partial charge in [-0.25, -0.2) is 0 Å². The van der Waals surface area contributed by atoms with Crippen LogP contribution in [0.4, 0.5) is 0 Å². The molecule has 0 spiro atoms. The molecule has 2 aromatic rings. The molecule has 1 aliphatic heterocycles. The van der Waals surface area contributed by atoms with Gasteiger partial charge in [-0.3, -0.25) is 9.89 Å². The second-order valence-corrected chi connectivity index (χ2v) is 5.05. The van der Waals surface area contributed by atoms with Crippen LogP contribution in [-0.2, 0) is 6.61 Å². The lowest BCUT2D eigenvalue weighted by molar-refractivity contribution is 0.101. The number of carbonyl (C=O) groups excluding carboxylic acids is 1. The van der Waals surface area contributed by atoms with E-state index in [0.717, 1.165) is 21.9 Å². The van der Waals surface area contributed by atoms with Crippen molar-refractivity contribution in [2.75, 3.05) is 0 Å². The number of H-pyrrole nitrogens is 1. The van der Waals surface area contributed by atoms with E-state index in [0.29, 0.717) is 12.3 Å². The van der Waals surface area contributed by atoms with Crippen molar-refractivity contribution in [2.45, 2.75) is 20.5 Å². The van der Waals surface area contributed by atoms with Gasteiger partial charge in [0.05, 0.1) is 5.56 Å². The quantitative estimate of drug-likeness (QED) is 0.771. The molecule has 3 heterocycles. The number of hydrogen-bond donors (Lipinski definition) is 1. The summed E-state index contributed by atoms with van der Waals surface area (Å²) in [7, 11) is 0. The minimum atomic E-state index is -0.00671. The molecule has 0 bridgehead atoms. The first-order valence-electron chi connectivity index (χ1n) is 4.98. The van der Waals surface area contributed by atoms with Gasteiger partial charge in [0.1, 0.15) is 18.0 Å². The van der Waals surface area contributed by atoms with Crippen LogP contribution in [0.2, 0.25) is 0 Å². The number of thiophene rings is 1. The number of nitrogens with one attached hydrogen (secondary N) is 1. The monoisotopic (exact) mass is 234 g/mol. The highest BCUT2D eigenvalue weighted by Gasteiger charge is 2.26. The maximum absolute atomic E-state index is 11.4. The molecule has 5 heteroatoms. The van der Waals surface area contributed by atoms with E-state index in [1.165, 1.54) is 11.8 Å². The molecule has 1 N–H and O–H groups in total. The lowest BCUT2D eigenvalue weighted by atomic mass is 10.1. The van der Waals surface area contributed by atoms with Gasteiger partial charge in [-0.05, 0) is 13.0 Å². The number of rotatable bonds is 1. The van der Waals surface area contributed by atoms with Crippen LogP contribution in [0, 0.1) is 6.92 Å². The smallest absolute Gasteiger partial charge is 0.184 e. The summed E-state index contributed by atoms with van der Waals surface area (Å²) >= 11 is 1.61. The number of aromatic amines is 1. The Morgan fingerprint density at radius 1 is 1.62 bits per heavy atom. The Labute approximate surface area is 96.3 Å². The van der Waals surface area contributed by atoms with E-state index in [-0.39, 0.29) is 5.78 Å². The van der Waals surface area contributed by atoms with Gasteiger partial charge in [-0.15, -0.1) is 11.3 Å². The van der Waals surface area contributed by atoms with E-state index >= 15 is 0 Å². The predicted molar refractivity (Wildman–Crippen MR) is 61.0 cm³/mol. The summed E-state index contributed by atoms with van der Waals surface area (Å²) in [6.45, 7) is 3.99. The van der Waals surface area contributed by atoms with E-state index in [1.54, 1.807) is 11.3 Å². The van der Waals surface area contributed by atoms with Crippen LogP contribution < -0.4 is 4.74 Å². The highest BCUT2D eigenvalue weighted by atomic mass is 32.1. The number of aromatic nitrogens is 2. The second kappa shape index (κ2) is 3.18. The third kappa shape index (κ3) is 1.21. The minimum Gasteiger partial charge on any atom is -0.478 e. The maximum atomic E-state index is 11.4. The van der Waals surface area contributed by atoms with Gasteiger partial charge in [0.2, 0.25) is 0 Å². The zero-order valence-corrected chi connectivity index (χ0v) is 9.77. The van der Waals surface area contributed by atoms with Crippen LogP contribution in [0.15, 0.2) is 6.07 Å². The zero-order chi connectivity index (χ0) is 11.3. The van der Waals surface area contributed by atoms with Crippen LogP contribution >= 0.6 is 11.3 Å². The fraction of sp³-hybridized carbons (Fsp3) is 0.273. The molecule has 0 amide bonds. The normalized spacial score (nSPS) is 12.9. The number of carbonyl (C=O) groups is 1. The molecule has 0 atom stereocenters. The van der Waals surface area contributed by atoms with Crippen molar-refractivity contribution in [3.63, 3.8) is 0 Å². The average molecular weight is 234 g/mol. The number of aryl methyl sites for hydroxylation is 1. The minimum absolute atomic E-state index is 0.00671. The van der Waals surface area contributed by atoms with Gasteiger partial charge < -0.3 is 4.74 Å². The maximum Gasteiger partial charge on any atom is 0.184 e. The Morgan fingerprint density at radius 3 is 3.19 bits per heavy atom. The Hall–Kier alpha value is -1.62. The molecule has 2 aromatic heterocycles. The summed E-state index contributed by atoms with van der Waals surface area (Å²) in [5.74, 6) is -0.00671. The van der Waals surface area contributed by atoms with Crippen molar-refractivity contribution in [1.82, 2.24) is 10.2 Å². The van der Waals surface area contributed by atoms with Crippen molar-refractivity contribution in [3.05, 3.63) is 22.2 Å². The summed E-state index contributed by atoms with van der Waals surface area (Å²) in [6, 6.07) is 2.04. The van der Waals surface area contributed by atoms with Gasteiger partial charge in [0.15, 0.2) is 10.8 Å². The van der Waals surface area contributed by atoms with E-state index in [2.05, 4.69) is 10.2 Å². The zero-order valence-electron chi connectivity index (χ0n) is 8.96. The van der Waals surface area contributed by atoms with E-state index < -0.39 is 0 Å². The Morgan fingerprint density at radius 2 is 2.44 bits per heavy atom. The molecular formula is C11H10N2O2S. The lowest BCUT2D eigenvalue weighted by Crippen LogP contribution is -2.06. The topological polar surface area (TPSA) is 55.0 Å². The van der Waals surface area contributed by atoms with Crippen LogP contribution in [-0.4, -0.2) is 16.0 Å². The van der Waals surface area contributed by atoms with E-state index in [4.69, 9.17) is 4.74 Å². The predicted octanol–water partition coefficient (Wildman–Crippen LogP) is 2.54. The molecule has 16 heavy (non-hydrogen) atoms. The first-order chi connectivity index (χ1) is 7.66. The van der Waals surface area contributed by atoms with Gasteiger partial charge in [0.25, 0.3) is 0 Å². The molecular weight excluding hydrogens is 224 g/mol. The van der Waals surface area contributed by atoms with Crippen molar-refractivity contribution in [2.24, 2.45) is 0 Å². The molecule has 1 aliphatic rings. The number of nitrogens with zero attached hydrogens (tertiary/aromatic N) is 1. The van der Waals surface area contributed by atoms with Crippen molar-refractivity contribution in [1.29, 1.82) is 0 Å². The molecule has 3 rings (SSSR count). The number of ether oxygens (including phenoxy) is 1. The number of fused-ring (bicyclic) bond motifs is 3. The second-order valence-electron chi connectivity index (χ2n) is 3.83. The van der Waals surface area contributed by atoms with Gasteiger partial charge in [-0.2, -0.15) is 5.10 Å². The highest BCUT2D eigenvalue weighted by Crippen LogP contribution is 2.43. The number of hydrogen-bond acceptors (Lipinski definition) is 4. The summed E-state index contributed by atoms with van der Waals surface area (Å²) in [5, 5.41) is 7.90. The van der Waals surface area contributed by atoms with Crippen molar-refractivity contribution >= 4 is 17.1 Å². The SMILES string of the molecule is CC(=O)c1[nH]nc2c1COc1sc(C)cc1-2. The lowest BCUT2D eigenvalue weighted by Gasteiger charge is -2.12. The average Bonchev–Trinajstić information content (AvgIpc) is 2.77. The molecule has 0 fully saturated rings. The molecule has 0 saturated carbocycles. The van der Waals surface area contributed by atoms with Crippen LogP contribution in [0.1, 0.15) is 27.9 Å². The van der Waals surface area contributed by atoms with E-state index in [1.807, 2.05) is 13.0 Å². The third-order valence-corrected chi connectivity index (χ3v) is 3.61. The number of ketones is 1. The van der Waals surface area contributed by atoms with Gasteiger partial charge >= 0.3 is 0 Å². The molecule has 0 aromatic carbocycles. The summed E-state index contributed by atoms with van der Waals surface area (Å²) in [4.78, 5) is 12.6. The molecule has 82 valence electrons. The third-order valence-electron chi connectivity index (χ3n) is 2.64. The van der Waals surface area contributed by atoms with Gasteiger partial charge in [-0.1, -0.05) is 0 Å². The Bertz CT molecular complexity index is 583. The largest absolute Gasteiger partial charge is 0.478 e. The summed E-state index contributed by atoms with van der Waals surface area (Å²) in [5.41, 5.74) is 3.28. The Balaban J connectivity index is 2.22. The van der Waals surface area contributed by atoms with Crippen LogP contribution in [0.25, 0.3) is 11.3 Å². The molecule has 0 radical (unpaired) electrons. The van der Waals surface area contributed by atoms with Gasteiger partial charge in [0, 0.05) is 17.4 Å². The van der Waals surface area contributed by atoms with Crippen LogP contribution in [0.3, 0.4) is 0 Å². The molecule has 4 nitrogen and oxygen atoms in total. The van der Waals surface area contributed by atoms with Crippen molar-refractivity contribution in [3.8, 4) is 16.3 Å². The fourth-order valence-electron chi connectivity index (χ4n) is 1.92. The van der Waals surface area contributed by atoms with E-state index in [9.17, 15) is 4.79 Å². The summed E-state index contributed by atoms with van der Waals surface area (Å²) in [6.07, 6.45) is 0. The molecule has 0 aliphatic carbocycles. The summed E-state index contributed by atoms with van der Waals surface area (Å²) < 4.78 is 5.63. The van der Waals surface area contributed by atoms with Crippen molar-refractivity contribution < 1.29 is 9.53 Å². The first-order valence-corrected chi connectivity index (χ1v) is 5.80. The first kappa shape index (κ1) is 9.59. The Kier molecular flexibility index (Phi) is 1.91. The standard InChI is InChI=1S/C11H10N2O2S/c1-5-3-7-10-8(4-15-11(7)16-5)9(6(2)14)12-13-10/h3H,4H2,1-2H3,(H,12,13). The van der Waals surface area contributed by atoms with Crippen LogP contribution in [0.5, 0.6) is 5.06 Å². The molecule has 0 saturated heterocycles. The number of Topliss-reactive ketones (excluding diaryl/α,β-unsaturated/α-hetero) is 1. The fourth-order valence-corrected chi connectivity index (χ4v) is 2.78. The molecule has 0 unspecified atom stereocenters. The highest BCUT2D eigenvalue weighted by molar-refractivity contribution is 7.14.